The molecule has 3 rings (SSSR count). The number of hydrogen-bond donors (Lipinski definition) is 6. The first-order valence-electron chi connectivity index (χ1n) is 7.87. The highest BCUT2D eigenvalue weighted by molar-refractivity contribution is 8.02. The lowest BCUT2D eigenvalue weighted by Gasteiger charge is -2.16. The monoisotopic (exact) mass is 524 g/mol. The minimum atomic E-state index is -5.36. The highest BCUT2D eigenvalue weighted by atomic mass is 32.4. The average Bonchev–Trinajstić information content (AvgIpc) is 3.13. The third-order valence-electron chi connectivity index (χ3n) is 3.74. The Balaban J connectivity index is 1.68. The third kappa shape index (κ3) is 5.76. The molecular weight excluding hydrogens is 510 g/mol. The van der Waals surface area contributed by atoms with E-state index in [2.05, 4.69) is 35.4 Å². The van der Waals surface area contributed by atoms with Gasteiger partial charge in [0.05, 0.1) is 6.33 Å². The Labute approximate surface area is 176 Å². The number of anilines is 1. The fraction of sp³-hybridized carbons (Fsp3) is 0.500. The summed E-state index contributed by atoms with van der Waals surface area (Å²) in [6.07, 6.45) is -5.55. The predicted molar refractivity (Wildman–Crippen MR) is 102 cm³/mol. The first-order chi connectivity index (χ1) is 14.3. The number of ether oxygens (including phenoxy) is 1. The molecule has 4 unspecified atom stereocenters. The Hall–Kier alpha value is -1.26. The summed E-state index contributed by atoms with van der Waals surface area (Å²) in [5.74, 6) is -0.247. The minimum Gasteiger partial charge on any atom is -0.385 e. The van der Waals surface area contributed by atoms with Gasteiger partial charge in [-0.25, -0.2) is 18.5 Å². The van der Waals surface area contributed by atoms with Crippen LogP contribution in [0.1, 0.15) is 6.23 Å². The molecule has 1 saturated heterocycles. The number of aromatic nitrogens is 4. The molecule has 2 aromatic heterocycles. The van der Waals surface area contributed by atoms with Crippen LogP contribution in [-0.4, -0.2) is 64.3 Å². The number of nitrogen functional groups attached to an aromatic ring is 1. The molecule has 1 aliphatic rings. The van der Waals surface area contributed by atoms with E-state index in [-0.39, 0.29) is 17.1 Å². The number of halogens is 1. The average molecular weight is 524 g/mol. The van der Waals surface area contributed by atoms with E-state index in [1.54, 1.807) is 0 Å². The van der Waals surface area contributed by atoms with E-state index in [0.29, 0.717) is 0 Å². The van der Waals surface area contributed by atoms with E-state index in [4.69, 9.17) is 24.8 Å². The Kier molecular flexibility index (Phi) is 7.03. The van der Waals surface area contributed by atoms with Gasteiger partial charge in [-0.2, -0.15) is 9.29 Å². The highest BCUT2D eigenvalue weighted by Crippen LogP contribution is 2.62. The number of rotatable bonds is 8. The van der Waals surface area contributed by atoms with Crippen molar-refractivity contribution >= 4 is 51.7 Å². The van der Waals surface area contributed by atoms with Crippen LogP contribution in [-0.2, 0) is 38.8 Å². The fourth-order valence-corrected chi connectivity index (χ4v) is 6.13. The van der Waals surface area contributed by atoms with E-state index in [0.717, 1.165) is 10.9 Å². The zero-order valence-corrected chi connectivity index (χ0v) is 18.3. The standard InChI is InChI=1S/C10H13FN5O11P3S/c11-4-3(1-24-28(31)26-30(22,23)27-29(19,20)21)25-9(6(4)17)16-2-13-5-7(16)14-10(12)15-8(5)18/h2-4,6,9,17H,1H2,(H5-,12,14,15,18,19,20,21,22,23)/p+1/t3-,4?,6?,9-/m1/s1. The van der Waals surface area contributed by atoms with E-state index in [1.165, 1.54) is 0 Å². The molecule has 31 heavy (non-hydrogen) atoms. The first-order valence-corrected chi connectivity index (χ1v) is 13.1. The van der Waals surface area contributed by atoms with Gasteiger partial charge in [-0.05, 0) is 4.31 Å². The smallest absolute Gasteiger partial charge is 0.385 e. The summed E-state index contributed by atoms with van der Waals surface area (Å²) in [4.78, 5) is 48.0. The van der Waals surface area contributed by atoms with Crippen molar-refractivity contribution in [1.29, 1.82) is 0 Å². The molecule has 6 atom stereocenters. The Morgan fingerprint density at radius 1 is 1.42 bits per heavy atom. The number of fused-ring (bicyclic) bond motifs is 1. The Morgan fingerprint density at radius 2 is 2.10 bits per heavy atom. The molecule has 0 aliphatic carbocycles. The maximum Gasteiger partial charge on any atom is 0.532 e. The lowest BCUT2D eigenvalue weighted by molar-refractivity contribution is -0.0457. The van der Waals surface area contributed by atoms with Gasteiger partial charge < -0.3 is 25.4 Å². The zero-order chi connectivity index (χ0) is 23.1. The lowest BCUT2D eigenvalue weighted by atomic mass is 10.1. The summed E-state index contributed by atoms with van der Waals surface area (Å²) >= 11 is 4.62. The van der Waals surface area contributed by atoms with Crippen molar-refractivity contribution < 1.29 is 51.2 Å². The van der Waals surface area contributed by atoms with Crippen molar-refractivity contribution in [2.45, 2.75) is 24.6 Å². The van der Waals surface area contributed by atoms with Crippen molar-refractivity contribution in [3.8, 4) is 0 Å². The van der Waals surface area contributed by atoms with Crippen LogP contribution in [0.25, 0.3) is 11.2 Å². The minimum absolute atomic E-state index is 0.0799. The van der Waals surface area contributed by atoms with Gasteiger partial charge in [-0.1, -0.05) is 0 Å². The van der Waals surface area contributed by atoms with Gasteiger partial charge in [0.1, 0.15) is 18.8 Å². The van der Waals surface area contributed by atoms with Gasteiger partial charge in [0.15, 0.2) is 23.6 Å². The van der Waals surface area contributed by atoms with Crippen molar-refractivity contribution in [2.75, 3.05) is 12.3 Å². The van der Waals surface area contributed by atoms with E-state index >= 15 is 0 Å². The molecule has 172 valence electrons. The topological polar surface area (TPSA) is 242 Å². The number of nitrogens with zero attached hydrogens (tertiary/aromatic N) is 3. The SMILES string of the molecule is Nc1nc2c(ncn2[C@@H]2O[C@H](CO[P+](=S)OP(=O)(O)OP(=O)(O)O)C(F)C2O)c(=O)[nH]1. The molecular formula is C10H14FN5O11P3S+. The van der Waals surface area contributed by atoms with Gasteiger partial charge in [0.25, 0.3) is 5.56 Å². The van der Waals surface area contributed by atoms with Crippen LogP contribution in [0.3, 0.4) is 0 Å². The third-order valence-corrected chi connectivity index (χ3v) is 8.05. The molecule has 21 heteroatoms. The molecule has 0 aromatic carbocycles. The number of phosphoric acid groups is 2. The zero-order valence-electron chi connectivity index (χ0n) is 14.8. The molecule has 16 nitrogen and oxygen atoms in total. The maximum atomic E-state index is 14.5. The second-order valence-corrected chi connectivity index (χ2v) is 10.7. The fourth-order valence-electron chi connectivity index (χ4n) is 2.59. The molecule has 0 spiro atoms. The van der Waals surface area contributed by atoms with Crippen LogP contribution >= 0.6 is 22.8 Å². The van der Waals surface area contributed by atoms with Crippen molar-refractivity contribution in [3.05, 3.63) is 16.7 Å². The normalized spacial score (nSPS) is 26.8. The summed E-state index contributed by atoms with van der Waals surface area (Å²) in [7, 11) is -13.3. The number of nitrogens with one attached hydrogen (secondary N) is 1. The number of aliphatic hydroxyl groups is 1. The molecule has 0 saturated carbocycles. The molecule has 1 aliphatic heterocycles. The van der Waals surface area contributed by atoms with Gasteiger partial charge in [-0.3, -0.25) is 19.2 Å². The van der Waals surface area contributed by atoms with E-state index in [9.17, 15) is 28.3 Å². The highest BCUT2D eigenvalue weighted by Gasteiger charge is 2.48. The molecule has 0 radical (unpaired) electrons. The van der Waals surface area contributed by atoms with Crippen LogP contribution in [0.4, 0.5) is 10.3 Å². The Bertz CT molecular complexity index is 1150. The van der Waals surface area contributed by atoms with Crippen LogP contribution in [0.2, 0.25) is 0 Å². The lowest BCUT2D eigenvalue weighted by Crippen LogP contribution is -2.29. The van der Waals surface area contributed by atoms with Crippen molar-refractivity contribution in [3.63, 3.8) is 0 Å². The van der Waals surface area contributed by atoms with Gasteiger partial charge >= 0.3 is 22.8 Å². The number of aliphatic hydroxyl groups excluding tert-OH is 1. The van der Waals surface area contributed by atoms with Crippen molar-refractivity contribution in [1.82, 2.24) is 19.5 Å². The number of hydrogen-bond acceptors (Lipinski definition) is 12. The van der Waals surface area contributed by atoms with Gasteiger partial charge in [-0.15, -0.1) is 4.52 Å². The summed E-state index contributed by atoms with van der Waals surface area (Å²) < 4.78 is 55.7. The summed E-state index contributed by atoms with van der Waals surface area (Å²) in [6.45, 7) is -0.678. The number of alkyl halides is 1. The molecule has 0 amide bonds. The van der Waals surface area contributed by atoms with Crippen LogP contribution < -0.4 is 11.3 Å². The van der Waals surface area contributed by atoms with Gasteiger partial charge in [0.2, 0.25) is 17.8 Å². The van der Waals surface area contributed by atoms with E-state index < -0.39 is 59.6 Å². The summed E-state index contributed by atoms with van der Waals surface area (Å²) in [5.41, 5.74) is 4.60. The van der Waals surface area contributed by atoms with Crippen molar-refractivity contribution in [2.24, 2.45) is 0 Å². The second kappa shape index (κ2) is 8.94. The number of H-pyrrole nitrogens is 1. The Morgan fingerprint density at radius 3 is 2.74 bits per heavy atom. The molecule has 0 bridgehead atoms. The van der Waals surface area contributed by atoms with Crippen LogP contribution in [0.5, 0.6) is 0 Å². The summed E-state index contributed by atoms with van der Waals surface area (Å²) in [6, 6.07) is 0. The molecule has 2 aromatic rings. The molecule has 3 heterocycles. The largest absolute Gasteiger partial charge is 0.532 e. The van der Waals surface area contributed by atoms with Crippen LogP contribution in [0.15, 0.2) is 11.1 Å². The predicted octanol–water partition coefficient (Wildman–Crippen LogP) is -0.685. The first kappa shape index (κ1) is 24.4. The van der Waals surface area contributed by atoms with E-state index in [1.807, 2.05) is 0 Å². The number of nitrogens with two attached hydrogens (primary N) is 1. The summed E-state index contributed by atoms with van der Waals surface area (Å²) in [5, 5.41) is 10.2. The molecule has 1 fully saturated rings. The quantitative estimate of drug-likeness (QED) is 0.234. The number of imidazole rings is 1. The van der Waals surface area contributed by atoms with Crippen LogP contribution in [0, 0.1) is 0 Å². The maximum absolute atomic E-state index is 14.5. The van der Waals surface area contributed by atoms with Gasteiger partial charge in [0, 0.05) is 0 Å². The number of aromatic amines is 1. The second-order valence-electron chi connectivity index (χ2n) is 5.92. The molecule has 7 N–H and O–H groups in total.